The second-order valence-electron chi connectivity index (χ2n) is 3.77. The first kappa shape index (κ1) is 11.5. The molecule has 0 bridgehead atoms. The third kappa shape index (κ3) is 4.08. The second kappa shape index (κ2) is 6.80. The molecule has 2 atom stereocenters. The Balaban J connectivity index is 2.14. The highest BCUT2D eigenvalue weighted by atomic mass is 16.7. The lowest BCUT2D eigenvalue weighted by Gasteiger charge is -2.24. The molecule has 1 fully saturated rings. The van der Waals surface area contributed by atoms with Crippen molar-refractivity contribution in [3.8, 4) is 6.07 Å². The smallest absolute Gasteiger partial charge is 0.157 e. The van der Waals surface area contributed by atoms with Gasteiger partial charge in [-0.15, -0.1) is 0 Å². The molecule has 0 radical (unpaired) electrons. The molecule has 14 heavy (non-hydrogen) atoms. The van der Waals surface area contributed by atoms with E-state index < -0.39 is 0 Å². The highest BCUT2D eigenvalue weighted by Crippen LogP contribution is 2.16. The minimum atomic E-state index is -0.0171. The van der Waals surface area contributed by atoms with E-state index in [0.29, 0.717) is 18.9 Å². The summed E-state index contributed by atoms with van der Waals surface area (Å²) < 4.78 is 11.1. The Labute approximate surface area is 86.0 Å². The monoisotopic (exact) mass is 197 g/mol. The van der Waals surface area contributed by atoms with Gasteiger partial charge in [0, 0.05) is 13.0 Å². The molecule has 1 saturated heterocycles. The van der Waals surface area contributed by atoms with E-state index >= 15 is 0 Å². The van der Waals surface area contributed by atoms with Crippen LogP contribution in [0.25, 0.3) is 0 Å². The average molecular weight is 197 g/mol. The van der Waals surface area contributed by atoms with E-state index in [4.69, 9.17) is 14.7 Å². The van der Waals surface area contributed by atoms with E-state index in [1.54, 1.807) is 0 Å². The van der Waals surface area contributed by atoms with Crippen molar-refractivity contribution in [2.24, 2.45) is 5.92 Å². The lowest BCUT2D eigenvalue weighted by atomic mass is 10.1. The maximum Gasteiger partial charge on any atom is 0.157 e. The molecule has 1 heterocycles. The Bertz CT molecular complexity index is 182. The fourth-order valence-corrected chi connectivity index (χ4v) is 1.54. The third-order valence-corrected chi connectivity index (χ3v) is 2.61. The van der Waals surface area contributed by atoms with Gasteiger partial charge in [-0.1, -0.05) is 13.3 Å². The summed E-state index contributed by atoms with van der Waals surface area (Å²) in [5.74, 6) is 0.366. The van der Waals surface area contributed by atoms with Crippen LogP contribution < -0.4 is 0 Å². The number of hydrogen-bond donors (Lipinski definition) is 0. The normalized spacial score (nSPS) is 24.1. The first-order valence-electron chi connectivity index (χ1n) is 5.47. The Kier molecular flexibility index (Phi) is 5.58. The zero-order valence-electron chi connectivity index (χ0n) is 8.87. The molecule has 0 amide bonds. The minimum absolute atomic E-state index is 0.0171. The predicted molar refractivity (Wildman–Crippen MR) is 53.6 cm³/mol. The summed E-state index contributed by atoms with van der Waals surface area (Å²) in [7, 11) is 0. The maximum absolute atomic E-state index is 8.57. The Morgan fingerprint density at radius 1 is 1.57 bits per heavy atom. The molecule has 0 aromatic heterocycles. The van der Waals surface area contributed by atoms with Gasteiger partial charge in [0.15, 0.2) is 6.29 Å². The van der Waals surface area contributed by atoms with Crippen LogP contribution in [0, 0.1) is 17.2 Å². The number of rotatable bonds is 5. The molecule has 0 saturated carbocycles. The Hall–Kier alpha value is -0.590. The van der Waals surface area contributed by atoms with Crippen LogP contribution in [0.2, 0.25) is 0 Å². The van der Waals surface area contributed by atoms with Crippen molar-refractivity contribution in [3.05, 3.63) is 0 Å². The van der Waals surface area contributed by atoms with Gasteiger partial charge in [0.2, 0.25) is 0 Å². The van der Waals surface area contributed by atoms with Gasteiger partial charge in [0.1, 0.15) is 0 Å². The summed E-state index contributed by atoms with van der Waals surface area (Å²) in [6.45, 7) is 3.57. The molecule has 1 unspecified atom stereocenters. The zero-order chi connectivity index (χ0) is 10.2. The van der Waals surface area contributed by atoms with Gasteiger partial charge in [0.05, 0.1) is 12.7 Å². The van der Waals surface area contributed by atoms with Crippen LogP contribution in [-0.4, -0.2) is 19.5 Å². The lowest BCUT2D eigenvalue weighted by Crippen LogP contribution is -2.24. The zero-order valence-corrected chi connectivity index (χ0v) is 8.87. The topological polar surface area (TPSA) is 42.2 Å². The third-order valence-electron chi connectivity index (χ3n) is 2.61. The van der Waals surface area contributed by atoms with Crippen molar-refractivity contribution in [2.75, 3.05) is 13.2 Å². The quantitative estimate of drug-likeness (QED) is 0.680. The van der Waals surface area contributed by atoms with E-state index in [1.165, 1.54) is 6.42 Å². The van der Waals surface area contributed by atoms with Crippen molar-refractivity contribution >= 4 is 0 Å². The number of nitrogens with zero attached hydrogens (tertiary/aromatic N) is 1. The molecule has 0 aromatic carbocycles. The summed E-state index contributed by atoms with van der Waals surface area (Å²) in [6.07, 6.45) is 4.91. The molecule has 80 valence electrons. The number of nitriles is 1. The number of hydrogen-bond acceptors (Lipinski definition) is 3. The summed E-state index contributed by atoms with van der Waals surface area (Å²) in [4.78, 5) is 0. The van der Waals surface area contributed by atoms with Crippen molar-refractivity contribution in [3.63, 3.8) is 0 Å². The largest absolute Gasteiger partial charge is 0.353 e. The molecular formula is C11H19NO2. The lowest BCUT2D eigenvalue weighted by molar-refractivity contribution is -0.168. The first-order chi connectivity index (χ1) is 6.86. The van der Waals surface area contributed by atoms with Crippen LogP contribution in [0.3, 0.4) is 0 Å². The molecule has 1 aliphatic heterocycles. The van der Waals surface area contributed by atoms with Crippen molar-refractivity contribution < 1.29 is 9.47 Å². The molecule has 0 N–H and O–H groups in total. The molecule has 3 nitrogen and oxygen atoms in total. The van der Waals surface area contributed by atoms with Crippen LogP contribution in [0.4, 0.5) is 0 Å². The summed E-state index contributed by atoms with van der Waals surface area (Å²) >= 11 is 0. The molecule has 0 spiro atoms. The molecule has 0 aromatic rings. The van der Waals surface area contributed by atoms with Crippen molar-refractivity contribution in [1.29, 1.82) is 5.26 Å². The van der Waals surface area contributed by atoms with Gasteiger partial charge in [-0.25, -0.2) is 0 Å². The summed E-state index contributed by atoms with van der Waals surface area (Å²) in [6, 6.07) is 2.19. The van der Waals surface area contributed by atoms with E-state index in [-0.39, 0.29) is 6.29 Å². The Morgan fingerprint density at radius 3 is 3.00 bits per heavy atom. The van der Waals surface area contributed by atoms with Crippen molar-refractivity contribution in [1.82, 2.24) is 0 Å². The molecule has 0 aliphatic carbocycles. The van der Waals surface area contributed by atoms with Gasteiger partial charge in [-0.05, 0) is 25.2 Å². The van der Waals surface area contributed by atoms with Gasteiger partial charge in [0.25, 0.3) is 0 Å². The predicted octanol–water partition coefficient (Wildman–Crippen LogP) is 2.47. The fraction of sp³-hybridized carbons (Fsp3) is 0.909. The maximum atomic E-state index is 8.57. The first-order valence-corrected chi connectivity index (χ1v) is 5.47. The standard InChI is InChI=1S/C11H19NO2/c1-2-10(6-7-12)9-14-11-5-3-4-8-13-11/h10-11H,2-6,8-9H2,1H3/t10-,11?/m1/s1. The second-order valence-corrected chi connectivity index (χ2v) is 3.77. The Morgan fingerprint density at radius 2 is 2.43 bits per heavy atom. The molecule has 3 heteroatoms. The van der Waals surface area contributed by atoms with Crippen LogP contribution >= 0.6 is 0 Å². The summed E-state index contributed by atoms with van der Waals surface area (Å²) in [5.41, 5.74) is 0. The van der Waals surface area contributed by atoms with Crippen LogP contribution in [-0.2, 0) is 9.47 Å². The summed E-state index contributed by atoms with van der Waals surface area (Å²) in [5, 5.41) is 8.57. The van der Waals surface area contributed by atoms with Gasteiger partial charge in [-0.2, -0.15) is 5.26 Å². The van der Waals surface area contributed by atoms with Gasteiger partial charge >= 0.3 is 0 Å². The fourth-order valence-electron chi connectivity index (χ4n) is 1.54. The molecule has 1 rings (SSSR count). The van der Waals surface area contributed by atoms with Gasteiger partial charge < -0.3 is 9.47 Å². The van der Waals surface area contributed by atoms with Crippen molar-refractivity contribution in [2.45, 2.75) is 45.3 Å². The highest BCUT2D eigenvalue weighted by Gasteiger charge is 2.15. The number of ether oxygens (including phenoxy) is 2. The average Bonchev–Trinajstić information content (AvgIpc) is 2.25. The van der Waals surface area contributed by atoms with E-state index in [0.717, 1.165) is 25.9 Å². The van der Waals surface area contributed by atoms with E-state index in [2.05, 4.69) is 13.0 Å². The molecular weight excluding hydrogens is 178 g/mol. The van der Waals surface area contributed by atoms with Gasteiger partial charge in [-0.3, -0.25) is 0 Å². The van der Waals surface area contributed by atoms with E-state index in [9.17, 15) is 0 Å². The van der Waals surface area contributed by atoms with E-state index in [1.807, 2.05) is 0 Å². The van der Waals surface area contributed by atoms with Crippen LogP contribution in [0.15, 0.2) is 0 Å². The van der Waals surface area contributed by atoms with Crippen LogP contribution in [0.1, 0.15) is 39.0 Å². The SMILES string of the molecule is CC[C@H](CC#N)COC1CCCCO1. The van der Waals surface area contributed by atoms with Crippen LogP contribution in [0.5, 0.6) is 0 Å². The minimum Gasteiger partial charge on any atom is -0.353 e. The molecule has 1 aliphatic rings. The highest BCUT2D eigenvalue weighted by molar-refractivity contribution is 4.74.